The van der Waals surface area contributed by atoms with Gasteiger partial charge in [-0.05, 0) is 88.7 Å². The van der Waals surface area contributed by atoms with Crippen LogP contribution in [-0.2, 0) is 0 Å². The average molecular weight is 473 g/mol. The van der Waals surface area contributed by atoms with E-state index in [1.54, 1.807) is 0 Å². The van der Waals surface area contributed by atoms with Crippen molar-refractivity contribution < 1.29 is 0 Å². The van der Waals surface area contributed by atoms with Crippen LogP contribution in [0.4, 0.5) is 0 Å². The van der Waals surface area contributed by atoms with Gasteiger partial charge < -0.3 is 0 Å². The number of thiol groups is 1. The van der Waals surface area contributed by atoms with Gasteiger partial charge in [0.05, 0.1) is 0 Å². The molecular formula is C28H25BrS. The quantitative estimate of drug-likeness (QED) is 0.268. The summed E-state index contributed by atoms with van der Waals surface area (Å²) < 4.78 is 1.06. The molecular weight excluding hydrogens is 448 g/mol. The second-order valence-corrected chi connectivity index (χ2v) is 8.44. The van der Waals surface area contributed by atoms with Gasteiger partial charge in [-0.15, -0.1) is 12.6 Å². The first kappa shape index (κ1) is 22.1. The Kier molecular flexibility index (Phi) is 7.36. The van der Waals surface area contributed by atoms with Crippen LogP contribution in [0.3, 0.4) is 0 Å². The van der Waals surface area contributed by atoms with Gasteiger partial charge in [0.1, 0.15) is 0 Å². The van der Waals surface area contributed by atoms with Crippen molar-refractivity contribution in [3.8, 4) is 22.3 Å². The summed E-state index contributed by atoms with van der Waals surface area (Å²) in [5, 5.41) is 0. The van der Waals surface area contributed by atoms with Crippen molar-refractivity contribution in [1.29, 1.82) is 0 Å². The fraction of sp³-hybridized carbons (Fsp3) is 0.0714. The Balaban J connectivity index is 2.43. The molecule has 0 spiro atoms. The number of hydrogen-bond acceptors (Lipinski definition) is 1. The Labute approximate surface area is 193 Å². The standard InChI is InChI=1S/C28H25BrS/c1-5-8-9-19(4)26-18-27(20-12-16-23(30)17-13-20)24(6-2)25(7-3)28(26)21-10-14-22(29)15-11-21/h5-18,30H,2-3H2,1,4H3/b8-5-,19-9-. The molecule has 3 aromatic rings. The van der Waals surface area contributed by atoms with Gasteiger partial charge in [0, 0.05) is 9.37 Å². The Hall–Kier alpha value is -2.55. The lowest BCUT2D eigenvalue weighted by Crippen LogP contribution is -1.98. The van der Waals surface area contributed by atoms with Gasteiger partial charge in [-0.1, -0.05) is 83.7 Å². The molecule has 150 valence electrons. The number of rotatable bonds is 6. The largest absolute Gasteiger partial charge is 0.143 e. The third-order valence-electron chi connectivity index (χ3n) is 5.09. The topological polar surface area (TPSA) is 0 Å². The average Bonchev–Trinajstić information content (AvgIpc) is 2.77. The Morgan fingerprint density at radius 2 is 1.50 bits per heavy atom. The van der Waals surface area contributed by atoms with Crippen LogP contribution < -0.4 is 0 Å². The van der Waals surface area contributed by atoms with Gasteiger partial charge in [0.15, 0.2) is 0 Å². The minimum Gasteiger partial charge on any atom is -0.143 e. The third kappa shape index (κ3) is 4.61. The highest BCUT2D eigenvalue weighted by atomic mass is 79.9. The smallest absolute Gasteiger partial charge is 0.0175 e. The SMILES string of the molecule is C=Cc1c(-c2ccc(S)cc2)cc(/C(C)=C\C=C/C)c(-c2ccc(Br)cc2)c1C=C. The van der Waals surface area contributed by atoms with E-state index in [1.165, 1.54) is 16.7 Å². The predicted molar refractivity (Wildman–Crippen MR) is 141 cm³/mol. The molecule has 0 unspecified atom stereocenters. The number of allylic oxidation sites excluding steroid dienone is 4. The first-order valence-corrected chi connectivity index (χ1v) is 11.0. The fourth-order valence-corrected chi connectivity index (χ4v) is 4.01. The molecule has 0 aliphatic heterocycles. The zero-order chi connectivity index (χ0) is 21.7. The summed E-state index contributed by atoms with van der Waals surface area (Å²) >= 11 is 7.99. The molecule has 2 heteroatoms. The van der Waals surface area contributed by atoms with Crippen LogP contribution in [0.5, 0.6) is 0 Å². The summed E-state index contributed by atoms with van der Waals surface area (Å²) in [4.78, 5) is 0.943. The molecule has 0 fully saturated rings. The van der Waals surface area contributed by atoms with Crippen LogP contribution in [-0.4, -0.2) is 0 Å². The summed E-state index contributed by atoms with van der Waals surface area (Å²) in [5.41, 5.74) is 9.13. The van der Waals surface area contributed by atoms with Crippen molar-refractivity contribution >= 4 is 46.3 Å². The van der Waals surface area contributed by atoms with Crippen LogP contribution in [0, 0.1) is 0 Å². The molecule has 3 aromatic carbocycles. The van der Waals surface area contributed by atoms with Crippen LogP contribution in [0.25, 0.3) is 40.0 Å². The van der Waals surface area contributed by atoms with E-state index >= 15 is 0 Å². The van der Waals surface area contributed by atoms with Gasteiger partial charge in [0.2, 0.25) is 0 Å². The number of benzene rings is 3. The molecule has 0 atom stereocenters. The van der Waals surface area contributed by atoms with Gasteiger partial charge >= 0.3 is 0 Å². The molecule has 0 aromatic heterocycles. The summed E-state index contributed by atoms with van der Waals surface area (Å²) in [6.07, 6.45) is 10.1. The van der Waals surface area contributed by atoms with Gasteiger partial charge in [0.25, 0.3) is 0 Å². The first-order chi connectivity index (χ1) is 14.5. The van der Waals surface area contributed by atoms with Crippen molar-refractivity contribution in [1.82, 2.24) is 0 Å². The molecule has 0 aliphatic rings. The van der Waals surface area contributed by atoms with E-state index in [2.05, 4.69) is 103 Å². The molecule has 0 bridgehead atoms. The van der Waals surface area contributed by atoms with E-state index in [4.69, 9.17) is 0 Å². The van der Waals surface area contributed by atoms with E-state index in [1.807, 2.05) is 37.3 Å². The van der Waals surface area contributed by atoms with Crippen molar-refractivity contribution in [3.05, 3.63) is 107 Å². The van der Waals surface area contributed by atoms with E-state index in [0.29, 0.717) is 0 Å². The lowest BCUT2D eigenvalue weighted by Gasteiger charge is -2.21. The summed E-state index contributed by atoms with van der Waals surface area (Å²) in [7, 11) is 0. The van der Waals surface area contributed by atoms with Crippen molar-refractivity contribution in [3.63, 3.8) is 0 Å². The van der Waals surface area contributed by atoms with E-state index in [0.717, 1.165) is 37.2 Å². The molecule has 30 heavy (non-hydrogen) atoms. The molecule has 0 aliphatic carbocycles. The lowest BCUT2D eigenvalue weighted by atomic mass is 9.83. The highest BCUT2D eigenvalue weighted by molar-refractivity contribution is 9.10. The monoisotopic (exact) mass is 472 g/mol. The zero-order valence-electron chi connectivity index (χ0n) is 17.3. The van der Waals surface area contributed by atoms with Crippen LogP contribution >= 0.6 is 28.6 Å². The highest BCUT2D eigenvalue weighted by Crippen LogP contribution is 2.41. The maximum atomic E-state index is 4.44. The fourth-order valence-electron chi connectivity index (χ4n) is 3.60. The number of halogens is 1. The molecule has 0 saturated heterocycles. The third-order valence-corrected chi connectivity index (χ3v) is 5.92. The first-order valence-electron chi connectivity index (χ1n) is 9.81. The van der Waals surface area contributed by atoms with Gasteiger partial charge in [-0.25, -0.2) is 0 Å². The zero-order valence-corrected chi connectivity index (χ0v) is 19.8. The Bertz CT molecular complexity index is 1130. The minimum absolute atomic E-state index is 0.943. The van der Waals surface area contributed by atoms with Crippen molar-refractivity contribution in [2.45, 2.75) is 18.7 Å². The number of hydrogen-bond donors (Lipinski definition) is 1. The predicted octanol–water partition coefficient (Wildman–Crippen LogP) is 9.34. The molecule has 0 N–H and O–H groups in total. The molecule has 0 heterocycles. The molecule has 0 radical (unpaired) electrons. The van der Waals surface area contributed by atoms with Crippen LogP contribution in [0.15, 0.2) is 95.4 Å². The van der Waals surface area contributed by atoms with Crippen molar-refractivity contribution in [2.75, 3.05) is 0 Å². The van der Waals surface area contributed by atoms with E-state index < -0.39 is 0 Å². The van der Waals surface area contributed by atoms with Gasteiger partial charge in [-0.2, -0.15) is 0 Å². The maximum absolute atomic E-state index is 4.44. The van der Waals surface area contributed by atoms with Gasteiger partial charge in [-0.3, -0.25) is 0 Å². The molecule has 0 amide bonds. The summed E-state index contributed by atoms with van der Waals surface area (Å²) in [6, 6.07) is 18.9. The van der Waals surface area contributed by atoms with E-state index in [9.17, 15) is 0 Å². The Morgan fingerprint density at radius 1 is 0.900 bits per heavy atom. The summed E-state index contributed by atoms with van der Waals surface area (Å²) in [6.45, 7) is 12.5. The lowest BCUT2D eigenvalue weighted by molar-refractivity contribution is 1.45. The molecule has 3 rings (SSSR count). The second kappa shape index (κ2) is 9.97. The highest BCUT2D eigenvalue weighted by Gasteiger charge is 2.18. The maximum Gasteiger partial charge on any atom is 0.0175 e. The van der Waals surface area contributed by atoms with Crippen LogP contribution in [0.2, 0.25) is 0 Å². The Morgan fingerprint density at radius 3 is 2.07 bits per heavy atom. The summed E-state index contributed by atoms with van der Waals surface area (Å²) in [5.74, 6) is 0. The van der Waals surface area contributed by atoms with Crippen LogP contribution in [0.1, 0.15) is 30.5 Å². The molecule has 0 nitrogen and oxygen atoms in total. The molecule has 0 saturated carbocycles. The minimum atomic E-state index is 0.943. The van der Waals surface area contributed by atoms with Crippen molar-refractivity contribution in [2.24, 2.45) is 0 Å². The normalized spacial score (nSPS) is 11.7. The van der Waals surface area contributed by atoms with E-state index in [-0.39, 0.29) is 0 Å². The second-order valence-electron chi connectivity index (χ2n) is 7.01.